The zero-order valence-electron chi connectivity index (χ0n) is 14.9. The van der Waals surface area contributed by atoms with Crippen LogP contribution in [0.5, 0.6) is 0 Å². The van der Waals surface area contributed by atoms with Crippen molar-refractivity contribution in [2.75, 3.05) is 4.90 Å². The van der Waals surface area contributed by atoms with Gasteiger partial charge in [-0.15, -0.1) is 11.3 Å². The number of hydrogen-bond donors (Lipinski definition) is 1. The first kappa shape index (κ1) is 20.6. The molecule has 2 N–H and O–H groups in total. The smallest absolute Gasteiger partial charge is 0.374 e. The highest BCUT2D eigenvalue weighted by atomic mass is 32.2. The molecule has 2 aromatic heterocycles. The van der Waals surface area contributed by atoms with Crippen LogP contribution < -0.4 is 10.0 Å². The molecule has 9 nitrogen and oxygen atoms in total. The number of nitrogens with two attached hydrogens (primary N) is 1. The second-order valence-corrected chi connectivity index (χ2v) is 8.00. The number of esters is 1. The number of carbonyl (C=O) groups excluding carboxylic acids is 2. The molecule has 1 aromatic carbocycles. The van der Waals surface area contributed by atoms with Gasteiger partial charge in [-0.2, -0.15) is 0 Å². The van der Waals surface area contributed by atoms with Crippen LogP contribution in [0.4, 0.5) is 15.2 Å². The van der Waals surface area contributed by atoms with Crippen molar-refractivity contribution in [3.63, 3.8) is 0 Å². The molecule has 3 aromatic rings. The van der Waals surface area contributed by atoms with Gasteiger partial charge < -0.3 is 9.15 Å². The van der Waals surface area contributed by atoms with Gasteiger partial charge in [-0.3, -0.25) is 9.69 Å². The third kappa shape index (κ3) is 4.67. The molecule has 2 heterocycles. The Bertz CT molecular complexity index is 1170. The highest BCUT2D eigenvalue weighted by Gasteiger charge is 2.22. The van der Waals surface area contributed by atoms with E-state index in [9.17, 15) is 22.4 Å². The number of primary sulfonamides is 1. The second kappa shape index (κ2) is 8.11. The molecule has 0 unspecified atom stereocenters. The predicted octanol–water partition coefficient (Wildman–Crippen LogP) is 2.56. The Hall–Kier alpha value is -3.09. The van der Waals surface area contributed by atoms with E-state index in [2.05, 4.69) is 4.98 Å². The van der Waals surface area contributed by atoms with Gasteiger partial charge in [0.1, 0.15) is 12.4 Å². The molecule has 0 aliphatic carbocycles. The average molecular weight is 439 g/mol. The molecule has 0 atom stereocenters. The molecule has 3 rings (SSSR count). The first-order valence-electron chi connectivity index (χ1n) is 7.96. The first-order valence-corrected chi connectivity index (χ1v) is 10.4. The van der Waals surface area contributed by atoms with Crippen molar-refractivity contribution >= 4 is 44.1 Å². The molecule has 0 saturated heterocycles. The molecule has 0 radical (unpaired) electrons. The third-order valence-corrected chi connectivity index (χ3v) is 5.21. The molecule has 0 aliphatic rings. The van der Waals surface area contributed by atoms with Crippen molar-refractivity contribution in [2.45, 2.75) is 18.6 Å². The van der Waals surface area contributed by atoms with Gasteiger partial charge in [-0.05, 0) is 24.3 Å². The number of carbonyl (C=O) groups is 2. The number of amides is 1. The predicted molar refractivity (Wildman–Crippen MR) is 101 cm³/mol. The van der Waals surface area contributed by atoms with E-state index in [1.165, 1.54) is 30.5 Å². The van der Waals surface area contributed by atoms with E-state index in [-0.39, 0.29) is 23.2 Å². The van der Waals surface area contributed by atoms with Crippen LogP contribution in [0.1, 0.15) is 23.2 Å². The second-order valence-electron chi connectivity index (χ2n) is 5.67. The van der Waals surface area contributed by atoms with Gasteiger partial charge in [-0.1, -0.05) is 12.1 Å². The lowest BCUT2D eigenvalue weighted by molar-refractivity contribution is -0.115. The minimum absolute atomic E-state index is 0.0454. The summed E-state index contributed by atoms with van der Waals surface area (Å²) in [5.74, 6) is -2.30. The SMILES string of the molecule is CC(=O)N(c1nc(COC(=O)c2ccc(S(N)(=O)=O)o2)cs1)c1ccccc1F. The number of para-hydroxylation sites is 1. The maximum absolute atomic E-state index is 14.1. The standard InChI is InChI=1S/C17H14FN3O6S2/c1-10(22)21(13-5-3-2-4-12(13)18)17-20-11(9-28-17)8-26-16(23)14-6-7-15(27-14)29(19,24)25/h2-7,9H,8H2,1H3,(H2,19,24,25). The molecular weight excluding hydrogens is 425 g/mol. The molecule has 29 heavy (non-hydrogen) atoms. The zero-order chi connectivity index (χ0) is 21.2. The number of sulfonamides is 1. The normalized spacial score (nSPS) is 11.3. The number of anilines is 2. The molecule has 0 saturated carbocycles. The molecule has 12 heteroatoms. The van der Waals surface area contributed by atoms with Gasteiger partial charge in [0.25, 0.3) is 10.0 Å². The summed E-state index contributed by atoms with van der Waals surface area (Å²) >= 11 is 1.06. The summed E-state index contributed by atoms with van der Waals surface area (Å²) in [6, 6.07) is 7.90. The van der Waals surface area contributed by atoms with Crippen LogP contribution >= 0.6 is 11.3 Å². The number of benzene rings is 1. The van der Waals surface area contributed by atoms with Crippen molar-refractivity contribution in [2.24, 2.45) is 5.14 Å². The number of rotatable bonds is 6. The lowest BCUT2D eigenvalue weighted by atomic mass is 10.3. The first-order chi connectivity index (χ1) is 13.7. The number of hydrogen-bond acceptors (Lipinski definition) is 8. The van der Waals surface area contributed by atoms with Crippen LogP contribution in [0.2, 0.25) is 0 Å². The summed E-state index contributed by atoms with van der Waals surface area (Å²) in [6.07, 6.45) is 0. The van der Waals surface area contributed by atoms with Crippen molar-refractivity contribution in [1.29, 1.82) is 0 Å². The Kier molecular flexibility index (Phi) is 5.77. The number of ether oxygens (including phenoxy) is 1. The topological polar surface area (TPSA) is 133 Å². The van der Waals surface area contributed by atoms with E-state index in [1.54, 1.807) is 6.07 Å². The maximum Gasteiger partial charge on any atom is 0.374 e. The summed E-state index contributed by atoms with van der Waals surface area (Å²) in [5.41, 5.74) is 0.350. The maximum atomic E-state index is 14.1. The molecule has 0 aliphatic heterocycles. The summed E-state index contributed by atoms with van der Waals surface area (Å²) < 4.78 is 46.3. The van der Waals surface area contributed by atoms with E-state index in [1.807, 2.05) is 0 Å². The van der Waals surface area contributed by atoms with Crippen molar-refractivity contribution in [3.05, 3.63) is 59.0 Å². The largest absolute Gasteiger partial charge is 0.453 e. The number of thiazole rings is 1. The van der Waals surface area contributed by atoms with Crippen molar-refractivity contribution in [1.82, 2.24) is 4.98 Å². The van der Waals surface area contributed by atoms with Gasteiger partial charge in [0.05, 0.1) is 11.4 Å². The number of furan rings is 1. The van der Waals surface area contributed by atoms with E-state index >= 15 is 0 Å². The van der Waals surface area contributed by atoms with Crippen LogP contribution in [0.3, 0.4) is 0 Å². The summed E-state index contributed by atoms with van der Waals surface area (Å²) in [7, 11) is -4.08. The van der Waals surface area contributed by atoms with Crippen LogP contribution in [0.25, 0.3) is 0 Å². The number of nitrogens with zero attached hydrogens (tertiary/aromatic N) is 2. The van der Waals surface area contributed by atoms with Gasteiger partial charge >= 0.3 is 5.97 Å². The molecule has 1 amide bonds. The number of halogens is 1. The monoisotopic (exact) mass is 439 g/mol. The molecule has 152 valence electrons. The molecule has 0 spiro atoms. The Labute approximate surface area is 168 Å². The highest BCUT2D eigenvalue weighted by Crippen LogP contribution is 2.31. The molecule has 0 bridgehead atoms. The molecular formula is C17H14FN3O6S2. The minimum atomic E-state index is -4.08. The van der Waals surface area contributed by atoms with E-state index < -0.39 is 32.8 Å². The van der Waals surface area contributed by atoms with Gasteiger partial charge in [0.15, 0.2) is 5.13 Å². The van der Waals surface area contributed by atoms with Crippen molar-refractivity contribution < 1.29 is 31.6 Å². The average Bonchev–Trinajstić information content (AvgIpc) is 3.31. The highest BCUT2D eigenvalue weighted by molar-refractivity contribution is 7.89. The third-order valence-electron chi connectivity index (χ3n) is 3.55. The van der Waals surface area contributed by atoms with Crippen LogP contribution in [-0.4, -0.2) is 25.3 Å². The molecule has 0 fully saturated rings. The van der Waals surface area contributed by atoms with E-state index in [0.717, 1.165) is 28.4 Å². The van der Waals surface area contributed by atoms with Crippen LogP contribution in [0, 0.1) is 5.82 Å². The fraction of sp³-hybridized carbons (Fsp3) is 0.118. The van der Waals surface area contributed by atoms with Gasteiger partial charge in [-0.25, -0.2) is 27.7 Å². The fourth-order valence-corrected chi connectivity index (χ4v) is 3.63. The zero-order valence-corrected chi connectivity index (χ0v) is 16.5. The van der Waals surface area contributed by atoms with Gasteiger partial charge in [0, 0.05) is 12.3 Å². The Morgan fingerprint density at radius 3 is 2.62 bits per heavy atom. The fourth-order valence-electron chi connectivity index (χ4n) is 2.30. The Morgan fingerprint density at radius 1 is 1.28 bits per heavy atom. The summed E-state index contributed by atoms with van der Waals surface area (Å²) in [4.78, 5) is 29.3. The summed E-state index contributed by atoms with van der Waals surface area (Å²) in [5, 5.41) is 6.08. The lowest BCUT2D eigenvalue weighted by Crippen LogP contribution is -2.23. The quantitative estimate of drug-likeness (QED) is 0.584. The summed E-state index contributed by atoms with van der Waals surface area (Å²) in [6.45, 7) is 0.997. The van der Waals surface area contributed by atoms with Crippen LogP contribution in [-0.2, 0) is 26.2 Å². The van der Waals surface area contributed by atoms with Crippen LogP contribution in [0.15, 0.2) is 51.3 Å². The minimum Gasteiger partial charge on any atom is -0.453 e. The van der Waals surface area contributed by atoms with Crippen molar-refractivity contribution in [3.8, 4) is 0 Å². The van der Waals surface area contributed by atoms with E-state index in [4.69, 9.17) is 14.3 Å². The van der Waals surface area contributed by atoms with Gasteiger partial charge in [0.2, 0.25) is 16.8 Å². The lowest BCUT2D eigenvalue weighted by Gasteiger charge is -2.18. The Morgan fingerprint density at radius 2 is 2.00 bits per heavy atom. The number of aromatic nitrogens is 1. The van der Waals surface area contributed by atoms with E-state index in [0.29, 0.717) is 5.69 Å². The Balaban J connectivity index is 1.73.